The number of para-hydroxylation sites is 1. The number of nitrogens with zero attached hydrogens (tertiary/aromatic N) is 3. The van der Waals surface area contributed by atoms with E-state index in [4.69, 9.17) is 16.3 Å². The molecular weight excluding hydrogens is 453 g/mol. The van der Waals surface area contributed by atoms with Crippen molar-refractivity contribution in [3.63, 3.8) is 0 Å². The molecule has 3 aromatic rings. The van der Waals surface area contributed by atoms with Crippen LogP contribution in [0.25, 0.3) is 11.4 Å². The summed E-state index contributed by atoms with van der Waals surface area (Å²) in [6, 6.07) is 10.1. The number of rotatable bonds is 7. The van der Waals surface area contributed by atoms with Gasteiger partial charge in [0.25, 0.3) is 0 Å². The van der Waals surface area contributed by atoms with Gasteiger partial charge in [-0.05, 0) is 37.3 Å². The third-order valence-electron chi connectivity index (χ3n) is 4.16. The van der Waals surface area contributed by atoms with Crippen LogP contribution >= 0.6 is 23.4 Å². The first kappa shape index (κ1) is 23.0. The lowest BCUT2D eigenvalue weighted by Crippen LogP contribution is -2.16. The van der Waals surface area contributed by atoms with Gasteiger partial charge in [-0.1, -0.05) is 35.5 Å². The summed E-state index contributed by atoms with van der Waals surface area (Å²) >= 11 is 7.01. The van der Waals surface area contributed by atoms with Crippen molar-refractivity contribution in [3.8, 4) is 17.1 Å². The van der Waals surface area contributed by atoms with Gasteiger partial charge in [-0.2, -0.15) is 13.2 Å². The summed E-state index contributed by atoms with van der Waals surface area (Å²) in [5, 5.41) is 11.2. The van der Waals surface area contributed by atoms with E-state index in [1.165, 1.54) is 0 Å². The predicted octanol–water partition coefficient (Wildman–Crippen LogP) is 5.28. The van der Waals surface area contributed by atoms with Crippen LogP contribution in [0.2, 0.25) is 5.02 Å². The van der Waals surface area contributed by atoms with E-state index < -0.39 is 17.6 Å². The molecule has 0 saturated heterocycles. The second kappa shape index (κ2) is 9.61. The number of hydrogen-bond donors (Lipinski definition) is 1. The lowest BCUT2D eigenvalue weighted by atomic mass is 10.2. The summed E-state index contributed by atoms with van der Waals surface area (Å²) in [6.07, 6.45) is -4.54. The smallest absolute Gasteiger partial charge is 0.416 e. The van der Waals surface area contributed by atoms with Crippen LogP contribution in [-0.2, 0) is 18.0 Å². The Morgan fingerprint density at radius 2 is 1.97 bits per heavy atom. The molecule has 0 aliphatic carbocycles. The number of benzene rings is 2. The number of halogens is 4. The highest BCUT2D eigenvalue weighted by atomic mass is 35.5. The molecule has 6 nitrogen and oxygen atoms in total. The molecule has 1 aromatic heterocycles. The molecule has 0 unspecified atom stereocenters. The van der Waals surface area contributed by atoms with Gasteiger partial charge in [0, 0.05) is 7.05 Å². The number of carbonyl (C=O) groups is 1. The molecule has 0 aliphatic heterocycles. The number of ether oxygens (including phenoxy) is 1. The van der Waals surface area contributed by atoms with Gasteiger partial charge in [-0.25, -0.2) is 0 Å². The fourth-order valence-electron chi connectivity index (χ4n) is 2.72. The van der Waals surface area contributed by atoms with Crippen LogP contribution in [0.3, 0.4) is 0 Å². The van der Waals surface area contributed by atoms with E-state index >= 15 is 0 Å². The van der Waals surface area contributed by atoms with Crippen molar-refractivity contribution in [2.75, 3.05) is 17.7 Å². The van der Waals surface area contributed by atoms with Crippen LogP contribution in [0.4, 0.5) is 18.9 Å². The number of carbonyl (C=O) groups excluding carboxylic acids is 1. The zero-order valence-electron chi connectivity index (χ0n) is 16.5. The number of amides is 1. The molecule has 0 aliphatic rings. The van der Waals surface area contributed by atoms with Gasteiger partial charge >= 0.3 is 6.18 Å². The Bertz CT molecular complexity index is 1090. The molecule has 3 rings (SSSR count). The minimum atomic E-state index is -4.54. The van der Waals surface area contributed by atoms with Gasteiger partial charge in [0.2, 0.25) is 5.91 Å². The van der Waals surface area contributed by atoms with Crippen molar-refractivity contribution < 1.29 is 22.7 Å². The molecule has 1 heterocycles. The van der Waals surface area contributed by atoms with Crippen molar-refractivity contribution in [2.24, 2.45) is 7.05 Å². The van der Waals surface area contributed by atoms with Crippen molar-refractivity contribution >= 4 is 35.0 Å². The van der Waals surface area contributed by atoms with Crippen LogP contribution in [0, 0.1) is 0 Å². The first-order chi connectivity index (χ1) is 14.7. The fourth-order valence-corrected chi connectivity index (χ4v) is 3.60. The van der Waals surface area contributed by atoms with Crippen molar-refractivity contribution in [3.05, 3.63) is 53.1 Å². The number of nitrogens with one attached hydrogen (secondary N) is 1. The third-order valence-corrected chi connectivity index (χ3v) is 5.51. The first-order valence-corrected chi connectivity index (χ1v) is 10.5. The quantitative estimate of drug-likeness (QED) is 0.475. The Labute approximate surface area is 185 Å². The van der Waals surface area contributed by atoms with Crippen LogP contribution in [-0.4, -0.2) is 33.0 Å². The number of anilines is 1. The Morgan fingerprint density at radius 3 is 2.68 bits per heavy atom. The SMILES string of the molecule is CCOc1ccccc1-c1nnc(SCC(=O)Nc2cc(C(F)(F)F)ccc2Cl)n1C. The molecule has 2 aromatic carbocycles. The molecule has 11 heteroatoms. The molecule has 0 atom stereocenters. The van der Waals surface area contributed by atoms with Gasteiger partial charge in [-0.15, -0.1) is 10.2 Å². The zero-order chi connectivity index (χ0) is 22.6. The second-order valence-electron chi connectivity index (χ2n) is 6.32. The first-order valence-electron chi connectivity index (χ1n) is 9.11. The number of aromatic nitrogens is 3. The fraction of sp³-hybridized carbons (Fsp3) is 0.250. The summed E-state index contributed by atoms with van der Waals surface area (Å²) < 4.78 is 46.0. The summed E-state index contributed by atoms with van der Waals surface area (Å²) in [5.74, 6) is 0.610. The van der Waals surface area contributed by atoms with E-state index in [2.05, 4.69) is 15.5 Å². The Morgan fingerprint density at radius 1 is 1.23 bits per heavy atom. The van der Waals surface area contributed by atoms with Gasteiger partial charge in [0.1, 0.15) is 5.75 Å². The largest absolute Gasteiger partial charge is 0.493 e. The molecule has 164 valence electrons. The van der Waals surface area contributed by atoms with Crippen molar-refractivity contribution in [1.82, 2.24) is 14.8 Å². The molecule has 0 bridgehead atoms. The van der Waals surface area contributed by atoms with Crippen molar-refractivity contribution in [2.45, 2.75) is 18.3 Å². The second-order valence-corrected chi connectivity index (χ2v) is 7.67. The molecule has 0 radical (unpaired) electrons. The van der Waals surface area contributed by atoms with E-state index in [1.807, 2.05) is 31.2 Å². The van der Waals surface area contributed by atoms with Crippen LogP contribution in [0.1, 0.15) is 12.5 Å². The van der Waals surface area contributed by atoms with E-state index in [1.54, 1.807) is 11.6 Å². The van der Waals surface area contributed by atoms with Crippen LogP contribution in [0.15, 0.2) is 47.6 Å². The molecule has 0 fully saturated rings. The van der Waals surface area contributed by atoms with Crippen LogP contribution < -0.4 is 10.1 Å². The van der Waals surface area contributed by atoms with E-state index in [0.29, 0.717) is 23.3 Å². The summed E-state index contributed by atoms with van der Waals surface area (Å²) in [4.78, 5) is 12.3. The Balaban J connectivity index is 1.70. The molecule has 31 heavy (non-hydrogen) atoms. The summed E-state index contributed by atoms with van der Waals surface area (Å²) in [6.45, 7) is 2.37. The average Bonchev–Trinajstić information content (AvgIpc) is 3.08. The van der Waals surface area contributed by atoms with E-state index in [9.17, 15) is 18.0 Å². The Hall–Kier alpha value is -2.72. The molecule has 0 spiro atoms. The van der Waals surface area contributed by atoms with E-state index in [0.717, 1.165) is 35.5 Å². The molecule has 1 N–H and O–H groups in total. The minimum absolute atomic E-state index is 0.0137. The lowest BCUT2D eigenvalue weighted by Gasteiger charge is -2.11. The van der Waals surface area contributed by atoms with E-state index in [-0.39, 0.29) is 16.5 Å². The standard InChI is InChI=1S/C20H18ClF3N4O2S/c1-3-30-16-7-5-4-6-13(16)18-26-27-19(28(18)2)31-11-17(29)25-15-10-12(20(22,23)24)8-9-14(15)21/h4-10H,3,11H2,1-2H3,(H,25,29). The van der Waals surface area contributed by atoms with Gasteiger partial charge in [0.05, 0.1) is 34.2 Å². The maximum Gasteiger partial charge on any atom is 0.416 e. The molecular formula is C20H18ClF3N4O2S. The highest BCUT2D eigenvalue weighted by molar-refractivity contribution is 7.99. The minimum Gasteiger partial charge on any atom is -0.493 e. The predicted molar refractivity (Wildman–Crippen MR) is 113 cm³/mol. The monoisotopic (exact) mass is 470 g/mol. The lowest BCUT2D eigenvalue weighted by molar-refractivity contribution is -0.137. The topological polar surface area (TPSA) is 69.0 Å². The Kier molecular flexibility index (Phi) is 7.11. The molecule has 1 amide bonds. The van der Waals surface area contributed by atoms with Crippen molar-refractivity contribution in [1.29, 1.82) is 0 Å². The average molecular weight is 471 g/mol. The van der Waals surface area contributed by atoms with Gasteiger partial charge in [0.15, 0.2) is 11.0 Å². The summed E-state index contributed by atoms with van der Waals surface area (Å²) in [7, 11) is 1.75. The normalized spacial score (nSPS) is 11.4. The van der Waals surface area contributed by atoms with Crippen LogP contribution in [0.5, 0.6) is 5.75 Å². The maximum atomic E-state index is 12.9. The number of hydrogen-bond acceptors (Lipinski definition) is 5. The number of alkyl halides is 3. The van der Waals surface area contributed by atoms with Gasteiger partial charge in [-0.3, -0.25) is 4.79 Å². The number of thioether (sulfide) groups is 1. The molecule has 0 saturated carbocycles. The highest BCUT2D eigenvalue weighted by Crippen LogP contribution is 2.34. The zero-order valence-corrected chi connectivity index (χ0v) is 18.1. The summed E-state index contributed by atoms with van der Waals surface area (Å²) in [5.41, 5.74) is -0.247. The third kappa shape index (κ3) is 5.50. The van der Waals surface area contributed by atoms with Gasteiger partial charge < -0.3 is 14.6 Å². The highest BCUT2D eigenvalue weighted by Gasteiger charge is 2.31. The maximum absolute atomic E-state index is 12.9.